The minimum atomic E-state index is -0.431. The molecule has 0 unspecified atom stereocenters. The molecule has 1 aromatic carbocycles. The summed E-state index contributed by atoms with van der Waals surface area (Å²) in [4.78, 5) is 11.1. The van der Waals surface area contributed by atoms with Crippen molar-refractivity contribution in [3.8, 4) is 0 Å². The van der Waals surface area contributed by atoms with Gasteiger partial charge in [-0.3, -0.25) is 5.32 Å². The Bertz CT molecular complexity index is 359. The summed E-state index contributed by atoms with van der Waals surface area (Å²) in [7, 11) is 1.36. The van der Waals surface area contributed by atoms with Crippen molar-refractivity contribution in [2.24, 2.45) is 0 Å². The molecule has 15 heavy (non-hydrogen) atoms. The average molecular weight is 207 g/mol. The second-order valence-electron chi connectivity index (χ2n) is 3.79. The van der Waals surface area contributed by atoms with E-state index < -0.39 is 6.09 Å². The number of nitrogens with one attached hydrogen (secondary N) is 1. The highest BCUT2D eigenvalue weighted by Crippen LogP contribution is 2.25. The molecule has 0 atom stereocenters. The number of carbonyl (C=O) groups is 1. The van der Waals surface area contributed by atoms with Gasteiger partial charge in [-0.15, -0.1) is 0 Å². The van der Waals surface area contributed by atoms with Gasteiger partial charge in [-0.25, -0.2) is 4.79 Å². The molecule has 0 bridgehead atoms. The van der Waals surface area contributed by atoms with Crippen LogP contribution in [0.1, 0.15) is 30.9 Å². The zero-order valence-corrected chi connectivity index (χ0v) is 9.63. The molecular weight excluding hydrogens is 190 g/mol. The van der Waals surface area contributed by atoms with Gasteiger partial charge in [-0.2, -0.15) is 0 Å². The van der Waals surface area contributed by atoms with Gasteiger partial charge in [0.15, 0.2) is 0 Å². The second-order valence-corrected chi connectivity index (χ2v) is 3.79. The molecule has 0 heterocycles. The molecular formula is C12H17NO2. The summed E-state index contributed by atoms with van der Waals surface area (Å²) in [5, 5.41) is 2.69. The van der Waals surface area contributed by atoms with Gasteiger partial charge in [0.1, 0.15) is 0 Å². The Morgan fingerprint density at radius 2 is 2.07 bits per heavy atom. The highest BCUT2D eigenvalue weighted by atomic mass is 16.5. The van der Waals surface area contributed by atoms with Crippen LogP contribution in [0.5, 0.6) is 0 Å². The Kier molecular flexibility index (Phi) is 3.72. The second kappa shape index (κ2) is 4.82. The van der Waals surface area contributed by atoms with Crippen molar-refractivity contribution >= 4 is 11.8 Å². The molecule has 3 heteroatoms. The van der Waals surface area contributed by atoms with E-state index in [-0.39, 0.29) is 0 Å². The standard InChI is InChI=1S/C12H17NO2/c1-8(2)10-6-5-7-11(9(10)3)13-12(14)15-4/h5-8H,1-4H3,(H,13,14). The maximum absolute atomic E-state index is 11.1. The molecule has 0 fully saturated rings. The predicted octanol–water partition coefficient (Wildman–Crippen LogP) is 3.30. The normalized spacial score (nSPS) is 10.2. The lowest BCUT2D eigenvalue weighted by Crippen LogP contribution is -2.12. The highest BCUT2D eigenvalue weighted by molar-refractivity contribution is 5.85. The number of hydrogen-bond donors (Lipinski definition) is 1. The largest absolute Gasteiger partial charge is 0.453 e. The van der Waals surface area contributed by atoms with Gasteiger partial charge < -0.3 is 4.74 Å². The Balaban J connectivity index is 2.99. The highest BCUT2D eigenvalue weighted by Gasteiger charge is 2.09. The lowest BCUT2D eigenvalue weighted by molar-refractivity contribution is 0.187. The van der Waals surface area contributed by atoms with Crippen LogP contribution in [0.25, 0.3) is 0 Å². The Hall–Kier alpha value is -1.51. The van der Waals surface area contributed by atoms with Crippen molar-refractivity contribution in [3.63, 3.8) is 0 Å². The number of ether oxygens (including phenoxy) is 1. The summed E-state index contributed by atoms with van der Waals surface area (Å²) < 4.78 is 4.56. The number of rotatable bonds is 2. The van der Waals surface area contributed by atoms with Crippen LogP contribution in [0.3, 0.4) is 0 Å². The van der Waals surface area contributed by atoms with E-state index in [9.17, 15) is 4.79 Å². The third kappa shape index (κ3) is 2.72. The Morgan fingerprint density at radius 1 is 1.40 bits per heavy atom. The predicted molar refractivity (Wildman–Crippen MR) is 61.3 cm³/mol. The summed E-state index contributed by atoms with van der Waals surface area (Å²) in [6, 6.07) is 5.88. The number of anilines is 1. The third-order valence-corrected chi connectivity index (χ3v) is 2.42. The van der Waals surface area contributed by atoms with Gasteiger partial charge in [-0.1, -0.05) is 26.0 Å². The molecule has 0 aliphatic carbocycles. The van der Waals surface area contributed by atoms with E-state index in [4.69, 9.17) is 0 Å². The zero-order chi connectivity index (χ0) is 11.4. The Morgan fingerprint density at radius 3 is 2.60 bits per heavy atom. The first-order valence-corrected chi connectivity index (χ1v) is 5.00. The SMILES string of the molecule is COC(=O)Nc1cccc(C(C)C)c1C. The van der Waals surface area contributed by atoms with Crippen LogP contribution in [-0.4, -0.2) is 13.2 Å². The van der Waals surface area contributed by atoms with Crippen molar-refractivity contribution in [2.45, 2.75) is 26.7 Å². The van der Waals surface area contributed by atoms with E-state index >= 15 is 0 Å². The van der Waals surface area contributed by atoms with Crippen LogP contribution in [0.4, 0.5) is 10.5 Å². The zero-order valence-electron chi connectivity index (χ0n) is 9.63. The van der Waals surface area contributed by atoms with E-state index in [1.54, 1.807) is 0 Å². The minimum Gasteiger partial charge on any atom is -0.453 e. The molecule has 1 aromatic rings. The lowest BCUT2D eigenvalue weighted by Gasteiger charge is -2.14. The van der Waals surface area contributed by atoms with Gasteiger partial charge in [0.05, 0.1) is 7.11 Å². The van der Waals surface area contributed by atoms with Gasteiger partial charge in [-0.05, 0) is 30.0 Å². The van der Waals surface area contributed by atoms with Crippen molar-refractivity contribution in [1.82, 2.24) is 0 Å². The molecule has 0 aromatic heterocycles. The molecule has 0 radical (unpaired) electrons. The molecule has 0 aliphatic rings. The fraction of sp³-hybridized carbons (Fsp3) is 0.417. The van der Waals surface area contributed by atoms with E-state index in [1.165, 1.54) is 12.7 Å². The van der Waals surface area contributed by atoms with Crippen molar-refractivity contribution in [1.29, 1.82) is 0 Å². The summed E-state index contributed by atoms with van der Waals surface area (Å²) >= 11 is 0. The van der Waals surface area contributed by atoms with Crippen molar-refractivity contribution in [3.05, 3.63) is 29.3 Å². The summed E-state index contributed by atoms with van der Waals surface area (Å²) in [5.41, 5.74) is 3.15. The first-order chi connectivity index (χ1) is 7.06. The minimum absolute atomic E-state index is 0.431. The fourth-order valence-electron chi connectivity index (χ4n) is 1.58. The van der Waals surface area contributed by atoms with Crippen molar-refractivity contribution in [2.75, 3.05) is 12.4 Å². The van der Waals surface area contributed by atoms with Crippen molar-refractivity contribution < 1.29 is 9.53 Å². The van der Waals surface area contributed by atoms with Gasteiger partial charge in [0.2, 0.25) is 0 Å². The summed E-state index contributed by atoms with van der Waals surface area (Å²) in [6.07, 6.45) is -0.431. The summed E-state index contributed by atoms with van der Waals surface area (Å²) in [5.74, 6) is 0.449. The third-order valence-electron chi connectivity index (χ3n) is 2.42. The number of carbonyl (C=O) groups excluding carboxylic acids is 1. The van der Waals surface area contributed by atoms with E-state index in [0.717, 1.165) is 11.3 Å². The molecule has 3 nitrogen and oxygen atoms in total. The smallest absolute Gasteiger partial charge is 0.411 e. The molecule has 1 amide bonds. The number of methoxy groups -OCH3 is 1. The molecule has 1 N–H and O–H groups in total. The number of amides is 1. The number of hydrogen-bond acceptors (Lipinski definition) is 2. The van der Waals surface area contributed by atoms with Crippen LogP contribution >= 0.6 is 0 Å². The fourth-order valence-corrected chi connectivity index (χ4v) is 1.58. The molecule has 82 valence electrons. The molecule has 0 saturated heterocycles. The molecule has 0 aliphatic heterocycles. The maximum atomic E-state index is 11.1. The van der Waals surface area contributed by atoms with Crippen LogP contribution in [0, 0.1) is 6.92 Å². The van der Waals surface area contributed by atoms with E-state index in [0.29, 0.717) is 5.92 Å². The van der Waals surface area contributed by atoms with Crippen LogP contribution in [0.15, 0.2) is 18.2 Å². The quantitative estimate of drug-likeness (QED) is 0.808. The first-order valence-electron chi connectivity index (χ1n) is 5.00. The summed E-state index contributed by atoms with van der Waals surface area (Å²) in [6.45, 7) is 6.26. The van der Waals surface area contributed by atoms with Gasteiger partial charge in [0.25, 0.3) is 0 Å². The molecule has 0 saturated carbocycles. The monoisotopic (exact) mass is 207 g/mol. The van der Waals surface area contributed by atoms with Crippen LogP contribution < -0.4 is 5.32 Å². The lowest BCUT2D eigenvalue weighted by atomic mass is 9.97. The first kappa shape index (κ1) is 11.6. The van der Waals surface area contributed by atoms with E-state index in [1.807, 2.05) is 19.1 Å². The maximum Gasteiger partial charge on any atom is 0.411 e. The van der Waals surface area contributed by atoms with Gasteiger partial charge >= 0.3 is 6.09 Å². The molecule has 0 spiro atoms. The van der Waals surface area contributed by atoms with Crippen LogP contribution in [-0.2, 0) is 4.74 Å². The van der Waals surface area contributed by atoms with E-state index in [2.05, 4.69) is 30.0 Å². The van der Waals surface area contributed by atoms with Crippen LogP contribution in [0.2, 0.25) is 0 Å². The van der Waals surface area contributed by atoms with Gasteiger partial charge in [0, 0.05) is 5.69 Å². The molecule has 1 rings (SSSR count). The average Bonchev–Trinajstić information content (AvgIpc) is 2.20. The Labute approximate surface area is 90.4 Å². The number of benzene rings is 1. The topological polar surface area (TPSA) is 38.3 Å².